The summed E-state index contributed by atoms with van der Waals surface area (Å²) in [5.41, 5.74) is -0.0721. The second-order valence-corrected chi connectivity index (χ2v) is 9.52. The summed E-state index contributed by atoms with van der Waals surface area (Å²) in [5.74, 6) is -0.941. The van der Waals surface area contributed by atoms with Gasteiger partial charge in [-0.05, 0) is 24.3 Å². The molecule has 4 rings (SSSR count). The Kier molecular flexibility index (Phi) is 4.49. The van der Waals surface area contributed by atoms with E-state index >= 15 is 0 Å². The first-order valence-corrected chi connectivity index (χ1v) is 10.8. The van der Waals surface area contributed by atoms with Gasteiger partial charge in [0.05, 0.1) is 5.69 Å². The van der Waals surface area contributed by atoms with Gasteiger partial charge in [0.2, 0.25) is 0 Å². The molecule has 7 nitrogen and oxygen atoms in total. The summed E-state index contributed by atoms with van der Waals surface area (Å²) in [5, 5.41) is 10.2. The summed E-state index contributed by atoms with van der Waals surface area (Å²) in [4.78, 5) is 11.5. The van der Waals surface area contributed by atoms with Crippen molar-refractivity contribution in [2.45, 2.75) is 4.21 Å². The fourth-order valence-corrected chi connectivity index (χ4v) is 5.78. The van der Waals surface area contributed by atoms with Gasteiger partial charge in [-0.2, -0.15) is 0 Å². The molecular formula is C17H12BrNO6S2. The third-order valence-corrected chi connectivity index (χ3v) is 7.52. The fourth-order valence-electron chi connectivity index (χ4n) is 2.71. The molecule has 0 radical (unpaired) electrons. The number of hydrogen-bond donors (Lipinski definition) is 2. The minimum atomic E-state index is -3.90. The molecule has 10 heteroatoms. The number of carboxylic acid groups (broad SMARTS) is 1. The van der Waals surface area contributed by atoms with E-state index in [1.54, 1.807) is 6.07 Å². The maximum absolute atomic E-state index is 12.8. The van der Waals surface area contributed by atoms with Crippen LogP contribution in [0.25, 0.3) is 10.1 Å². The summed E-state index contributed by atoms with van der Waals surface area (Å²) in [7, 11) is -3.90. The number of hydrogen-bond acceptors (Lipinski definition) is 6. The normalized spacial score (nSPS) is 13.5. The van der Waals surface area contributed by atoms with Gasteiger partial charge in [-0.1, -0.05) is 22.0 Å². The zero-order valence-electron chi connectivity index (χ0n) is 13.6. The van der Waals surface area contributed by atoms with Gasteiger partial charge in [-0.25, -0.2) is 13.2 Å². The van der Waals surface area contributed by atoms with Crippen molar-refractivity contribution >= 4 is 59.0 Å². The lowest BCUT2D eigenvalue weighted by atomic mass is 10.1. The Morgan fingerprint density at radius 2 is 1.96 bits per heavy atom. The molecule has 0 unspecified atom stereocenters. The van der Waals surface area contributed by atoms with Crippen molar-refractivity contribution in [2.24, 2.45) is 0 Å². The fraction of sp³-hybridized carbons (Fsp3) is 0.118. The Morgan fingerprint density at radius 3 is 2.70 bits per heavy atom. The van der Waals surface area contributed by atoms with Crippen LogP contribution < -0.4 is 14.2 Å². The molecule has 1 aromatic heterocycles. The number of sulfonamides is 1. The summed E-state index contributed by atoms with van der Waals surface area (Å²) >= 11 is 4.53. The van der Waals surface area contributed by atoms with Gasteiger partial charge < -0.3 is 14.6 Å². The number of fused-ring (bicyclic) bond motifs is 2. The van der Waals surface area contributed by atoms with E-state index in [0.717, 1.165) is 25.9 Å². The van der Waals surface area contributed by atoms with Crippen molar-refractivity contribution in [2.75, 3.05) is 17.9 Å². The maximum atomic E-state index is 12.8. The Morgan fingerprint density at radius 1 is 1.19 bits per heavy atom. The molecule has 0 spiro atoms. The second-order valence-electron chi connectivity index (χ2n) is 5.68. The van der Waals surface area contributed by atoms with Crippen LogP contribution in [0.5, 0.6) is 11.5 Å². The molecule has 2 aromatic carbocycles. The molecule has 1 aliphatic heterocycles. The lowest BCUT2D eigenvalue weighted by molar-refractivity contribution is 0.0686. The molecule has 1 aliphatic rings. The summed E-state index contributed by atoms with van der Waals surface area (Å²) in [6, 6.07) is 9.70. The molecule has 0 bridgehead atoms. The first-order chi connectivity index (χ1) is 12.8. The molecule has 3 aromatic rings. The summed E-state index contributed by atoms with van der Waals surface area (Å²) in [6.07, 6.45) is 0. The maximum Gasteiger partial charge on any atom is 0.339 e. The van der Waals surface area contributed by atoms with E-state index in [-0.39, 0.29) is 40.2 Å². The molecule has 0 saturated carbocycles. The number of anilines is 1. The van der Waals surface area contributed by atoms with Crippen LogP contribution in [0.4, 0.5) is 5.69 Å². The Bertz CT molecular complexity index is 1170. The van der Waals surface area contributed by atoms with E-state index in [4.69, 9.17) is 9.47 Å². The van der Waals surface area contributed by atoms with Crippen LogP contribution in [-0.2, 0) is 10.0 Å². The van der Waals surface area contributed by atoms with Crippen LogP contribution in [0, 0.1) is 0 Å². The zero-order chi connectivity index (χ0) is 19.2. The number of aromatic carboxylic acids is 1. The Hall–Kier alpha value is -2.30. The molecule has 0 aliphatic carbocycles. The highest BCUT2D eigenvalue weighted by molar-refractivity contribution is 9.10. The predicted molar refractivity (Wildman–Crippen MR) is 105 cm³/mol. The first kappa shape index (κ1) is 18.1. The molecule has 0 saturated heterocycles. The van der Waals surface area contributed by atoms with Crippen molar-refractivity contribution in [1.29, 1.82) is 0 Å². The van der Waals surface area contributed by atoms with Crippen LogP contribution in [0.15, 0.2) is 45.1 Å². The Balaban J connectivity index is 1.75. The molecule has 0 atom stereocenters. The van der Waals surface area contributed by atoms with E-state index in [9.17, 15) is 18.3 Å². The minimum Gasteiger partial charge on any atom is -0.486 e. The topological polar surface area (TPSA) is 102 Å². The summed E-state index contributed by atoms with van der Waals surface area (Å²) in [6.45, 7) is 0.488. The first-order valence-electron chi connectivity index (χ1n) is 7.73. The van der Waals surface area contributed by atoms with Crippen LogP contribution in [0.1, 0.15) is 10.4 Å². The van der Waals surface area contributed by atoms with Gasteiger partial charge >= 0.3 is 5.97 Å². The summed E-state index contributed by atoms with van der Waals surface area (Å²) < 4.78 is 40.5. The Labute approximate surface area is 166 Å². The van der Waals surface area contributed by atoms with Gasteiger partial charge in [0, 0.05) is 20.6 Å². The third kappa shape index (κ3) is 3.35. The molecule has 27 heavy (non-hydrogen) atoms. The number of thiophene rings is 1. The van der Waals surface area contributed by atoms with Gasteiger partial charge in [0.1, 0.15) is 23.0 Å². The van der Waals surface area contributed by atoms with Crippen LogP contribution in [-0.4, -0.2) is 32.7 Å². The monoisotopic (exact) mass is 469 g/mol. The molecule has 2 heterocycles. The second kappa shape index (κ2) is 6.70. The highest BCUT2D eigenvalue weighted by atomic mass is 79.9. The van der Waals surface area contributed by atoms with E-state index < -0.39 is 16.0 Å². The van der Waals surface area contributed by atoms with Gasteiger partial charge in [0.25, 0.3) is 10.0 Å². The van der Waals surface area contributed by atoms with Crippen LogP contribution in [0.2, 0.25) is 0 Å². The average molecular weight is 470 g/mol. The van der Waals surface area contributed by atoms with Gasteiger partial charge in [0.15, 0.2) is 11.5 Å². The zero-order valence-corrected chi connectivity index (χ0v) is 16.8. The third-order valence-electron chi connectivity index (χ3n) is 3.88. The SMILES string of the molecule is O=C(O)c1cc(NS(=O)(=O)c2cc3c(Br)cccc3s2)cc2c1OCCO2. The van der Waals surface area contributed by atoms with Crippen molar-refractivity contribution in [1.82, 2.24) is 0 Å². The van der Waals surface area contributed by atoms with Crippen molar-refractivity contribution in [3.63, 3.8) is 0 Å². The molecule has 0 amide bonds. The van der Waals surface area contributed by atoms with E-state index in [0.29, 0.717) is 0 Å². The smallest absolute Gasteiger partial charge is 0.339 e. The van der Waals surface area contributed by atoms with E-state index in [1.165, 1.54) is 12.1 Å². The minimum absolute atomic E-state index is 0.0909. The van der Waals surface area contributed by atoms with Gasteiger partial charge in [-0.3, -0.25) is 4.72 Å². The number of benzene rings is 2. The number of carboxylic acids is 1. The molecule has 2 N–H and O–H groups in total. The van der Waals surface area contributed by atoms with Crippen LogP contribution >= 0.6 is 27.3 Å². The standard InChI is InChI=1S/C17H12BrNO6S2/c18-12-2-1-3-14-10(12)8-15(26-14)27(22,23)19-9-6-11(17(20)21)16-13(7-9)24-4-5-25-16/h1-3,6-8,19H,4-5H2,(H,20,21). The lowest BCUT2D eigenvalue weighted by Gasteiger charge is -2.21. The van der Waals surface area contributed by atoms with E-state index in [1.807, 2.05) is 18.2 Å². The predicted octanol–water partition coefficient (Wildman–Crippen LogP) is 3.93. The molecular weight excluding hydrogens is 458 g/mol. The van der Waals surface area contributed by atoms with E-state index in [2.05, 4.69) is 20.7 Å². The van der Waals surface area contributed by atoms with Crippen molar-refractivity contribution in [3.05, 3.63) is 46.4 Å². The quantitative estimate of drug-likeness (QED) is 0.599. The van der Waals surface area contributed by atoms with Gasteiger partial charge in [-0.15, -0.1) is 11.3 Å². The largest absolute Gasteiger partial charge is 0.486 e. The number of rotatable bonds is 4. The number of nitrogens with one attached hydrogen (secondary N) is 1. The number of carbonyl (C=O) groups is 1. The van der Waals surface area contributed by atoms with Crippen LogP contribution in [0.3, 0.4) is 0 Å². The molecule has 140 valence electrons. The number of halogens is 1. The lowest BCUT2D eigenvalue weighted by Crippen LogP contribution is -2.19. The highest BCUT2D eigenvalue weighted by Crippen LogP contribution is 2.39. The molecule has 0 fully saturated rings. The van der Waals surface area contributed by atoms with Crippen molar-refractivity contribution < 1.29 is 27.8 Å². The van der Waals surface area contributed by atoms with Crippen molar-refractivity contribution in [3.8, 4) is 11.5 Å². The highest BCUT2D eigenvalue weighted by Gasteiger charge is 2.25. The average Bonchev–Trinajstić information content (AvgIpc) is 3.07. The number of ether oxygens (including phenoxy) is 2.